The minimum Gasteiger partial charge on any atom is -0.364 e. The molecule has 0 saturated heterocycles. The first-order valence-electron chi connectivity index (χ1n) is 4.87. The van der Waals surface area contributed by atoms with E-state index in [2.05, 4.69) is 0 Å². The van der Waals surface area contributed by atoms with E-state index in [1.807, 2.05) is 24.3 Å². The van der Waals surface area contributed by atoms with E-state index < -0.39 is 11.8 Å². The molecule has 0 fully saturated rings. The second kappa shape index (κ2) is 3.35. The maximum absolute atomic E-state index is 9.70. The molecule has 14 heavy (non-hydrogen) atoms. The van der Waals surface area contributed by atoms with Gasteiger partial charge in [-0.1, -0.05) is 24.3 Å². The van der Waals surface area contributed by atoms with Gasteiger partial charge < -0.3 is 15.9 Å². The Balaban J connectivity index is 2.36. The first kappa shape index (κ1) is 9.65. The fourth-order valence-corrected chi connectivity index (χ4v) is 1.93. The van der Waals surface area contributed by atoms with Gasteiger partial charge in [0, 0.05) is 6.42 Å². The zero-order valence-electron chi connectivity index (χ0n) is 7.98. The van der Waals surface area contributed by atoms with Gasteiger partial charge in [0.1, 0.15) is 0 Å². The average Bonchev–Trinajstić information content (AvgIpc) is 2.25. The van der Waals surface area contributed by atoms with Gasteiger partial charge in [0.25, 0.3) is 0 Å². The molecule has 1 aliphatic rings. The topological polar surface area (TPSA) is 66.5 Å². The summed E-state index contributed by atoms with van der Waals surface area (Å²) >= 11 is 0. The standard InChI is InChI=1S/C11H15NO2/c12-10-6-5-8-3-1-2-4-9(8)7-11(10,13)14/h1-4,10,13-14H,5-7,12H2/t10-/m0/s1. The second-order valence-electron chi connectivity index (χ2n) is 3.97. The molecule has 1 aliphatic carbocycles. The molecule has 3 heteroatoms. The van der Waals surface area contributed by atoms with E-state index in [9.17, 15) is 10.2 Å². The highest BCUT2D eigenvalue weighted by Crippen LogP contribution is 2.24. The van der Waals surface area contributed by atoms with Crippen LogP contribution in [0.2, 0.25) is 0 Å². The van der Waals surface area contributed by atoms with Crippen molar-refractivity contribution >= 4 is 0 Å². The van der Waals surface area contributed by atoms with Gasteiger partial charge in [-0.25, -0.2) is 0 Å². The van der Waals surface area contributed by atoms with Crippen LogP contribution in [-0.2, 0) is 12.8 Å². The van der Waals surface area contributed by atoms with E-state index in [1.165, 1.54) is 5.56 Å². The Morgan fingerprint density at radius 3 is 2.57 bits per heavy atom. The van der Waals surface area contributed by atoms with Gasteiger partial charge in [-0.2, -0.15) is 0 Å². The lowest BCUT2D eigenvalue weighted by Crippen LogP contribution is -2.48. The average molecular weight is 193 g/mol. The van der Waals surface area contributed by atoms with Crippen molar-refractivity contribution in [2.45, 2.75) is 31.1 Å². The molecule has 0 aliphatic heterocycles. The summed E-state index contributed by atoms with van der Waals surface area (Å²) in [5.41, 5.74) is 7.86. The number of hydrogen-bond acceptors (Lipinski definition) is 3. The molecule has 0 unspecified atom stereocenters. The summed E-state index contributed by atoms with van der Waals surface area (Å²) in [6.45, 7) is 0. The van der Waals surface area contributed by atoms with Crippen molar-refractivity contribution in [2.24, 2.45) is 5.73 Å². The Bertz CT molecular complexity index is 336. The van der Waals surface area contributed by atoms with Crippen molar-refractivity contribution in [2.75, 3.05) is 0 Å². The maximum Gasteiger partial charge on any atom is 0.182 e. The predicted molar refractivity (Wildman–Crippen MR) is 53.6 cm³/mol. The largest absolute Gasteiger partial charge is 0.364 e. The van der Waals surface area contributed by atoms with E-state index >= 15 is 0 Å². The Labute approximate surface area is 83.2 Å². The SMILES string of the molecule is N[C@H]1CCc2ccccc2CC1(O)O. The number of rotatable bonds is 0. The first-order chi connectivity index (χ1) is 6.59. The Morgan fingerprint density at radius 2 is 1.86 bits per heavy atom. The summed E-state index contributed by atoms with van der Waals surface area (Å²) in [6.07, 6.45) is 1.66. The van der Waals surface area contributed by atoms with Gasteiger partial charge in [0.15, 0.2) is 5.79 Å². The third kappa shape index (κ3) is 1.66. The minimum atomic E-state index is -1.76. The fourth-order valence-electron chi connectivity index (χ4n) is 1.93. The van der Waals surface area contributed by atoms with E-state index in [0.29, 0.717) is 6.42 Å². The number of aryl methyl sites for hydroxylation is 1. The molecular formula is C11H15NO2. The quantitative estimate of drug-likeness (QED) is 0.407. The Kier molecular flexibility index (Phi) is 2.31. The first-order valence-corrected chi connectivity index (χ1v) is 4.87. The van der Waals surface area contributed by atoms with Crippen molar-refractivity contribution in [1.82, 2.24) is 0 Å². The molecule has 0 radical (unpaired) electrons. The van der Waals surface area contributed by atoms with Crippen LogP contribution in [-0.4, -0.2) is 22.0 Å². The molecule has 76 valence electrons. The summed E-state index contributed by atoms with van der Waals surface area (Å²) < 4.78 is 0. The summed E-state index contributed by atoms with van der Waals surface area (Å²) in [5, 5.41) is 19.4. The van der Waals surface area contributed by atoms with Gasteiger partial charge >= 0.3 is 0 Å². The van der Waals surface area contributed by atoms with E-state index in [-0.39, 0.29) is 6.42 Å². The summed E-state index contributed by atoms with van der Waals surface area (Å²) in [6, 6.07) is 7.26. The number of fused-ring (bicyclic) bond motifs is 1. The van der Waals surface area contributed by atoms with Crippen molar-refractivity contribution in [3.63, 3.8) is 0 Å². The molecule has 0 heterocycles. The summed E-state index contributed by atoms with van der Waals surface area (Å²) in [4.78, 5) is 0. The highest BCUT2D eigenvalue weighted by atomic mass is 16.5. The fraction of sp³-hybridized carbons (Fsp3) is 0.455. The molecular weight excluding hydrogens is 178 g/mol. The molecule has 0 spiro atoms. The molecule has 1 aromatic carbocycles. The third-order valence-electron chi connectivity index (χ3n) is 2.89. The number of aliphatic hydroxyl groups is 2. The van der Waals surface area contributed by atoms with E-state index in [1.54, 1.807) is 0 Å². The van der Waals surface area contributed by atoms with Crippen LogP contribution >= 0.6 is 0 Å². The van der Waals surface area contributed by atoms with Crippen molar-refractivity contribution in [3.8, 4) is 0 Å². The molecule has 1 atom stereocenters. The van der Waals surface area contributed by atoms with Gasteiger partial charge in [-0.3, -0.25) is 0 Å². The molecule has 0 bridgehead atoms. The highest BCUT2D eigenvalue weighted by Gasteiger charge is 2.34. The van der Waals surface area contributed by atoms with Crippen LogP contribution in [0.4, 0.5) is 0 Å². The van der Waals surface area contributed by atoms with E-state index in [4.69, 9.17) is 5.73 Å². The number of nitrogens with two attached hydrogens (primary N) is 1. The monoisotopic (exact) mass is 193 g/mol. The molecule has 0 aromatic heterocycles. The number of benzene rings is 1. The zero-order chi connectivity index (χ0) is 10.2. The van der Waals surface area contributed by atoms with Gasteiger partial charge in [-0.05, 0) is 24.0 Å². The highest BCUT2D eigenvalue weighted by molar-refractivity contribution is 5.30. The van der Waals surface area contributed by atoms with E-state index in [0.717, 1.165) is 12.0 Å². The molecule has 0 saturated carbocycles. The summed E-state index contributed by atoms with van der Waals surface area (Å²) in [5.74, 6) is -1.76. The predicted octanol–water partition coefficient (Wildman–Crippen LogP) is 0.183. The van der Waals surface area contributed by atoms with Crippen LogP contribution in [0.3, 0.4) is 0 Å². The molecule has 4 N–H and O–H groups in total. The lowest BCUT2D eigenvalue weighted by atomic mass is 10.0. The number of hydrogen-bond donors (Lipinski definition) is 3. The maximum atomic E-state index is 9.70. The summed E-state index contributed by atoms with van der Waals surface area (Å²) in [7, 11) is 0. The van der Waals surface area contributed by atoms with Gasteiger partial charge in [0.2, 0.25) is 0 Å². The van der Waals surface area contributed by atoms with Crippen molar-refractivity contribution < 1.29 is 10.2 Å². The molecule has 3 nitrogen and oxygen atoms in total. The van der Waals surface area contributed by atoms with Crippen LogP contribution in [0, 0.1) is 0 Å². The van der Waals surface area contributed by atoms with Gasteiger partial charge in [-0.15, -0.1) is 0 Å². The Morgan fingerprint density at radius 1 is 1.21 bits per heavy atom. The van der Waals surface area contributed by atoms with Crippen LogP contribution in [0.1, 0.15) is 17.5 Å². The van der Waals surface area contributed by atoms with Crippen LogP contribution in [0.5, 0.6) is 0 Å². The Hall–Kier alpha value is -0.900. The smallest absolute Gasteiger partial charge is 0.182 e. The van der Waals surface area contributed by atoms with Crippen molar-refractivity contribution in [3.05, 3.63) is 35.4 Å². The third-order valence-corrected chi connectivity index (χ3v) is 2.89. The molecule has 1 aromatic rings. The second-order valence-corrected chi connectivity index (χ2v) is 3.97. The normalized spacial score (nSPS) is 25.2. The molecule has 0 amide bonds. The lowest BCUT2D eigenvalue weighted by molar-refractivity contribution is -0.174. The minimum absolute atomic E-state index is 0.227. The zero-order valence-corrected chi connectivity index (χ0v) is 7.98. The van der Waals surface area contributed by atoms with Crippen LogP contribution in [0.15, 0.2) is 24.3 Å². The van der Waals surface area contributed by atoms with Crippen LogP contribution < -0.4 is 5.73 Å². The van der Waals surface area contributed by atoms with Gasteiger partial charge in [0.05, 0.1) is 6.04 Å². The van der Waals surface area contributed by atoms with Crippen LogP contribution in [0.25, 0.3) is 0 Å². The molecule has 2 rings (SSSR count). The lowest BCUT2D eigenvalue weighted by Gasteiger charge is -2.26. The van der Waals surface area contributed by atoms with Crippen molar-refractivity contribution in [1.29, 1.82) is 0 Å².